The summed E-state index contributed by atoms with van der Waals surface area (Å²) >= 11 is 0. The maximum atomic E-state index is 13.0. The molecule has 4 aromatic rings. The van der Waals surface area contributed by atoms with Gasteiger partial charge in [0.05, 0.1) is 25.4 Å². The number of ether oxygens (including phenoxy) is 3. The van der Waals surface area contributed by atoms with Gasteiger partial charge in [0.15, 0.2) is 11.5 Å². The number of phenolic OH excluding ortho intramolecular Hbond substituents is 1. The summed E-state index contributed by atoms with van der Waals surface area (Å²) in [6.07, 6.45) is 1.57. The zero-order valence-corrected chi connectivity index (χ0v) is 19.2. The Morgan fingerprint density at radius 2 is 1.56 bits per heavy atom. The van der Waals surface area contributed by atoms with Crippen LogP contribution >= 0.6 is 0 Å². The van der Waals surface area contributed by atoms with Crippen LogP contribution in [0.15, 0.2) is 66.9 Å². The minimum absolute atomic E-state index is 0.0421. The van der Waals surface area contributed by atoms with E-state index < -0.39 is 17.9 Å². The second kappa shape index (κ2) is 10.5. The molecular weight excluding hydrogens is 471 g/mol. The van der Waals surface area contributed by atoms with Crippen molar-refractivity contribution in [3.05, 3.63) is 72.7 Å². The highest BCUT2D eigenvalue weighted by Crippen LogP contribution is 2.38. The van der Waals surface area contributed by atoms with Crippen molar-refractivity contribution in [1.82, 2.24) is 10.3 Å². The number of imide groups is 1. The average molecular weight is 492 g/mol. The highest BCUT2D eigenvalue weighted by atomic mass is 19.1. The van der Waals surface area contributed by atoms with Gasteiger partial charge in [0.25, 0.3) is 0 Å². The molecule has 0 spiro atoms. The number of hydrogen-bond acceptors (Lipinski definition) is 7. The van der Waals surface area contributed by atoms with Gasteiger partial charge in [-0.15, -0.1) is 0 Å². The minimum Gasteiger partial charge on any atom is -0.506 e. The van der Waals surface area contributed by atoms with Crippen LogP contribution in [0.5, 0.6) is 28.7 Å². The predicted octanol–water partition coefficient (Wildman–Crippen LogP) is 5.24. The molecule has 0 aliphatic heterocycles. The van der Waals surface area contributed by atoms with Crippen molar-refractivity contribution in [1.29, 1.82) is 0 Å². The number of rotatable bonds is 6. The van der Waals surface area contributed by atoms with Crippen molar-refractivity contribution in [3.8, 4) is 28.7 Å². The van der Waals surface area contributed by atoms with Crippen LogP contribution in [0.1, 0.15) is 0 Å². The summed E-state index contributed by atoms with van der Waals surface area (Å²) in [5.41, 5.74) is 0.953. The molecule has 36 heavy (non-hydrogen) atoms. The van der Waals surface area contributed by atoms with Gasteiger partial charge < -0.3 is 30.0 Å². The number of nitrogens with one attached hydrogen (secondary N) is 3. The normalized spacial score (nSPS) is 10.4. The number of phenols is 1. The minimum atomic E-state index is -0.889. The number of amides is 4. The second-order valence-electron chi connectivity index (χ2n) is 7.35. The first kappa shape index (κ1) is 24.1. The number of aromatic hydroxyl groups is 1. The number of anilines is 2. The molecule has 4 amide bonds. The van der Waals surface area contributed by atoms with Gasteiger partial charge in [-0.3, -0.25) is 10.3 Å². The number of aromatic nitrogens is 1. The number of carbonyl (C=O) groups is 2. The molecule has 4 N–H and O–H groups in total. The molecule has 0 unspecified atom stereocenters. The zero-order chi connectivity index (χ0) is 25.7. The third kappa shape index (κ3) is 5.53. The average Bonchev–Trinajstić information content (AvgIpc) is 2.86. The fraction of sp³-hybridized carbons (Fsp3) is 0.0800. The van der Waals surface area contributed by atoms with Gasteiger partial charge in [-0.05, 0) is 48.5 Å². The molecule has 0 saturated heterocycles. The molecule has 0 fully saturated rings. The summed E-state index contributed by atoms with van der Waals surface area (Å²) in [5, 5.41) is 17.8. The molecule has 0 aliphatic carbocycles. The standard InChI is InChI=1S/C25H21FN4O6/c1-34-22-12-17-19(13-23(22)35-2)27-10-9-21(17)36-16-7-8-18(20(31)11-16)29-25(33)30-24(32)28-15-5-3-14(26)4-6-15/h3-13,31H,1-2H3,(H3,28,29,30,32,33). The lowest BCUT2D eigenvalue weighted by Gasteiger charge is -2.13. The largest absolute Gasteiger partial charge is 0.506 e. The van der Waals surface area contributed by atoms with E-state index in [1.165, 1.54) is 56.7 Å². The first-order valence-electron chi connectivity index (χ1n) is 10.5. The third-order valence-corrected chi connectivity index (χ3v) is 4.98. The van der Waals surface area contributed by atoms with Gasteiger partial charge in [-0.1, -0.05) is 0 Å². The number of nitrogens with zero attached hydrogens (tertiary/aromatic N) is 1. The van der Waals surface area contributed by atoms with E-state index in [1.807, 2.05) is 5.32 Å². The SMILES string of the molecule is COc1cc2nccc(Oc3ccc(NC(=O)NC(=O)Nc4ccc(F)cc4)c(O)c3)c2cc1OC. The molecule has 0 bridgehead atoms. The third-order valence-electron chi connectivity index (χ3n) is 4.98. The Kier molecular flexibility index (Phi) is 7.00. The number of hydrogen-bond donors (Lipinski definition) is 4. The van der Waals surface area contributed by atoms with E-state index in [1.54, 1.807) is 24.4 Å². The second-order valence-corrected chi connectivity index (χ2v) is 7.35. The summed E-state index contributed by atoms with van der Waals surface area (Å²) in [7, 11) is 3.05. The zero-order valence-electron chi connectivity index (χ0n) is 19.2. The fourth-order valence-electron chi connectivity index (χ4n) is 3.30. The Hall–Kier alpha value is -5.06. The summed E-state index contributed by atoms with van der Waals surface area (Å²) in [5.74, 6) is 1.01. The Morgan fingerprint density at radius 1 is 0.861 bits per heavy atom. The summed E-state index contributed by atoms with van der Waals surface area (Å²) in [6.45, 7) is 0. The van der Waals surface area contributed by atoms with E-state index in [4.69, 9.17) is 14.2 Å². The molecule has 0 atom stereocenters. The molecule has 11 heteroatoms. The van der Waals surface area contributed by atoms with Gasteiger partial charge in [0.2, 0.25) is 0 Å². The number of halogens is 1. The van der Waals surface area contributed by atoms with Gasteiger partial charge in [0.1, 0.15) is 23.1 Å². The van der Waals surface area contributed by atoms with E-state index in [-0.39, 0.29) is 17.2 Å². The maximum Gasteiger partial charge on any atom is 0.327 e. The Balaban J connectivity index is 1.44. The van der Waals surface area contributed by atoms with Crippen molar-refractivity contribution >= 4 is 34.3 Å². The first-order valence-corrected chi connectivity index (χ1v) is 10.5. The van der Waals surface area contributed by atoms with Gasteiger partial charge in [-0.2, -0.15) is 0 Å². The van der Waals surface area contributed by atoms with E-state index in [0.717, 1.165) is 0 Å². The molecule has 10 nitrogen and oxygen atoms in total. The van der Waals surface area contributed by atoms with Crippen LogP contribution in [-0.4, -0.2) is 36.4 Å². The molecule has 0 saturated carbocycles. The number of fused-ring (bicyclic) bond motifs is 1. The number of methoxy groups -OCH3 is 2. The summed E-state index contributed by atoms with van der Waals surface area (Å²) in [6, 6.07) is 12.6. The molecule has 4 rings (SSSR count). The van der Waals surface area contributed by atoms with Gasteiger partial charge >= 0.3 is 12.1 Å². The Morgan fingerprint density at radius 3 is 2.25 bits per heavy atom. The number of benzene rings is 3. The fourth-order valence-corrected chi connectivity index (χ4v) is 3.30. The molecule has 0 radical (unpaired) electrons. The van der Waals surface area contributed by atoms with Crippen LogP contribution in [0.25, 0.3) is 10.9 Å². The lowest BCUT2D eigenvalue weighted by molar-refractivity contribution is 0.240. The van der Waals surface area contributed by atoms with Crippen LogP contribution in [0.2, 0.25) is 0 Å². The molecular formula is C25H21FN4O6. The Bertz CT molecular complexity index is 1430. The van der Waals surface area contributed by atoms with Crippen molar-refractivity contribution in [2.24, 2.45) is 0 Å². The molecule has 3 aromatic carbocycles. The number of pyridine rings is 1. The van der Waals surface area contributed by atoms with Crippen LogP contribution < -0.4 is 30.2 Å². The smallest absolute Gasteiger partial charge is 0.327 e. The van der Waals surface area contributed by atoms with E-state index in [2.05, 4.69) is 15.6 Å². The van der Waals surface area contributed by atoms with Crippen LogP contribution in [-0.2, 0) is 0 Å². The van der Waals surface area contributed by atoms with Crippen LogP contribution in [0.4, 0.5) is 25.4 Å². The van der Waals surface area contributed by atoms with Crippen molar-refractivity contribution in [3.63, 3.8) is 0 Å². The topological polar surface area (TPSA) is 131 Å². The van der Waals surface area contributed by atoms with Crippen LogP contribution in [0, 0.1) is 5.82 Å². The quantitative estimate of drug-likeness (QED) is 0.271. The molecule has 0 aliphatic rings. The lowest BCUT2D eigenvalue weighted by atomic mass is 10.2. The first-order chi connectivity index (χ1) is 17.4. The van der Waals surface area contributed by atoms with Crippen molar-refractivity contribution in [2.45, 2.75) is 0 Å². The predicted molar refractivity (Wildman–Crippen MR) is 131 cm³/mol. The number of carbonyl (C=O) groups excluding carboxylic acids is 2. The van der Waals surface area contributed by atoms with Gasteiger partial charge in [-0.25, -0.2) is 14.0 Å². The van der Waals surface area contributed by atoms with Gasteiger partial charge in [0, 0.05) is 29.4 Å². The summed E-state index contributed by atoms with van der Waals surface area (Å²) in [4.78, 5) is 28.4. The lowest BCUT2D eigenvalue weighted by Crippen LogP contribution is -2.37. The van der Waals surface area contributed by atoms with Crippen molar-refractivity contribution < 1.29 is 33.3 Å². The van der Waals surface area contributed by atoms with E-state index in [9.17, 15) is 19.1 Å². The van der Waals surface area contributed by atoms with Crippen LogP contribution in [0.3, 0.4) is 0 Å². The number of urea groups is 2. The van der Waals surface area contributed by atoms with Crippen molar-refractivity contribution in [2.75, 3.05) is 24.9 Å². The van der Waals surface area contributed by atoms with E-state index >= 15 is 0 Å². The highest BCUT2D eigenvalue weighted by molar-refractivity contribution is 6.05. The molecule has 184 valence electrons. The summed E-state index contributed by atoms with van der Waals surface area (Å²) < 4.78 is 29.5. The van der Waals surface area contributed by atoms with E-state index in [0.29, 0.717) is 33.8 Å². The maximum absolute atomic E-state index is 13.0. The molecule has 1 aromatic heterocycles. The highest BCUT2D eigenvalue weighted by Gasteiger charge is 2.14. The Labute approximate surface area is 204 Å². The monoisotopic (exact) mass is 492 g/mol. The molecule has 1 heterocycles.